The number of allylic oxidation sites excluding steroid dienone is 1. The van der Waals surface area contributed by atoms with Gasteiger partial charge in [0, 0.05) is 5.92 Å². The molecule has 0 atom stereocenters. The van der Waals surface area contributed by atoms with E-state index in [4.69, 9.17) is 4.74 Å². The normalized spacial score (nSPS) is 14.9. The van der Waals surface area contributed by atoms with Crippen molar-refractivity contribution in [3.8, 4) is 0 Å². The number of rotatable bonds is 1. The van der Waals surface area contributed by atoms with Crippen LogP contribution in [0.25, 0.3) is 12.2 Å². The smallest absolute Gasteiger partial charge is 0.164 e. The molecule has 0 amide bonds. The fraction of sp³-hybridized carbons (Fsp3) is 0.231. The van der Waals surface area contributed by atoms with E-state index in [2.05, 4.69) is 66.8 Å². The summed E-state index contributed by atoms with van der Waals surface area (Å²) in [7, 11) is 0. The minimum Gasteiger partial charge on any atom is -0.455 e. The molecule has 0 saturated heterocycles. The maximum Gasteiger partial charge on any atom is 0.164 e. The Morgan fingerprint density at radius 1 is 1.07 bits per heavy atom. The van der Waals surface area contributed by atoms with Crippen LogP contribution in [0.4, 0.5) is 0 Å². The Morgan fingerprint density at radius 2 is 1.67 bits per heavy atom. The molecule has 0 fully saturated rings. The molecule has 1 heterocycles. The quantitative estimate of drug-likeness (QED) is 0.696. The summed E-state index contributed by atoms with van der Waals surface area (Å²) >= 11 is 2.22. The van der Waals surface area contributed by atoms with Crippen molar-refractivity contribution in [3.05, 3.63) is 44.9 Å². The zero-order valence-corrected chi connectivity index (χ0v) is 11.0. The predicted octanol–water partition coefficient (Wildman–Crippen LogP) is 4.45. The monoisotopic (exact) mass is 312 g/mol. The Labute approximate surface area is 104 Å². The summed E-state index contributed by atoms with van der Waals surface area (Å²) in [6, 6.07) is 8.33. The van der Waals surface area contributed by atoms with E-state index >= 15 is 0 Å². The summed E-state index contributed by atoms with van der Waals surface area (Å²) in [5.74, 6) is 1.44. The van der Waals surface area contributed by atoms with Crippen molar-refractivity contribution in [2.75, 3.05) is 0 Å². The van der Waals surface area contributed by atoms with Crippen LogP contribution < -0.4 is 0 Å². The molecule has 0 spiro atoms. The molecule has 0 saturated carbocycles. The highest BCUT2D eigenvalue weighted by atomic mass is 127. The largest absolute Gasteiger partial charge is 0.455 e. The average molecular weight is 312 g/mol. The molecular formula is C13H13IO. The van der Waals surface area contributed by atoms with Crippen LogP contribution in [0.3, 0.4) is 0 Å². The van der Waals surface area contributed by atoms with Crippen LogP contribution in [0.2, 0.25) is 0 Å². The van der Waals surface area contributed by atoms with Crippen molar-refractivity contribution in [1.82, 2.24) is 0 Å². The van der Waals surface area contributed by atoms with E-state index in [0.29, 0.717) is 5.92 Å². The molecule has 0 radical (unpaired) electrons. The third-order valence-electron chi connectivity index (χ3n) is 2.35. The molecule has 0 aliphatic carbocycles. The minimum absolute atomic E-state index is 0.411. The standard InChI is InChI=1S/C13H13IO/c1-9(2)12-7-10-5-3-4-6-11(10)8-13(14)15-12/h3-9H,1-2H3. The first kappa shape index (κ1) is 10.7. The van der Waals surface area contributed by atoms with Gasteiger partial charge in [0.05, 0.1) is 0 Å². The molecule has 0 bridgehead atoms. The molecule has 0 unspecified atom stereocenters. The van der Waals surface area contributed by atoms with Gasteiger partial charge in [0.25, 0.3) is 0 Å². The van der Waals surface area contributed by atoms with Crippen molar-refractivity contribution in [1.29, 1.82) is 0 Å². The molecule has 1 aromatic rings. The summed E-state index contributed by atoms with van der Waals surface area (Å²) in [5.41, 5.74) is 2.45. The Kier molecular flexibility index (Phi) is 3.14. The van der Waals surface area contributed by atoms with Crippen molar-refractivity contribution < 1.29 is 4.74 Å². The Morgan fingerprint density at radius 3 is 2.27 bits per heavy atom. The van der Waals surface area contributed by atoms with Crippen LogP contribution in [0, 0.1) is 5.92 Å². The molecule has 15 heavy (non-hydrogen) atoms. The van der Waals surface area contributed by atoms with E-state index in [1.807, 2.05) is 6.07 Å². The van der Waals surface area contributed by atoms with Gasteiger partial charge in [-0.1, -0.05) is 38.1 Å². The number of fused-ring (bicyclic) bond motifs is 1. The molecule has 78 valence electrons. The number of hydrogen-bond donors (Lipinski definition) is 0. The number of hydrogen-bond acceptors (Lipinski definition) is 1. The lowest BCUT2D eigenvalue weighted by molar-refractivity contribution is 0.308. The second-order valence-corrected chi connectivity index (χ2v) is 4.94. The van der Waals surface area contributed by atoms with E-state index in [1.54, 1.807) is 0 Å². The second kappa shape index (κ2) is 4.39. The van der Waals surface area contributed by atoms with Crippen LogP contribution in [-0.2, 0) is 4.74 Å². The van der Waals surface area contributed by atoms with Crippen molar-refractivity contribution in [3.63, 3.8) is 0 Å². The molecule has 1 nitrogen and oxygen atoms in total. The van der Waals surface area contributed by atoms with Gasteiger partial charge in [-0.3, -0.25) is 0 Å². The highest BCUT2D eigenvalue weighted by Crippen LogP contribution is 2.29. The average Bonchev–Trinajstić information content (AvgIpc) is 2.35. The van der Waals surface area contributed by atoms with Gasteiger partial charge < -0.3 is 4.74 Å². The Hall–Kier alpha value is -0.770. The molecule has 0 aromatic heterocycles. The van der Waals surface area contributed by atoms with Crippen LogP contribution in [0.15, 0.2) is 33.8 Å². The first-order chi connectivity index (χ1) is 7.16. The van der Waals surface area contributed by atoms with E-state index in [0.717, 1.165) is 9.53 Å². The summed E-state index contributed by atoms with van der Waals surface area (Å²) in [6.45, 7) is 4.29. The van der Waals surface area contributed by atoms with Gasteiger partial charge in [-0.25, -0.2) is 0 Å². The molecule has 2 rings (SSSR count). The molecule has 1 aliphatic heterocycles. The Balaban J connectivity index is 2.53. The lowest BCUT2D eigenvalue weighted by atomic mass is 10.0. The predicted molar refractivity (Wildman–Crippen MR) is 72.3 cm³/mol. The molecule has 1 aromatic carbocycles. The van der Waals surface area contributed by atoms with E-state index < -0.39 is 0 Å². The zero-order chi connectivity index (χ0) is 10.8. The first-order valence-corrected chi connectivity index (χ1v) is 6.10. The minimum atomic E-state index is 0.411. The Bertz CT molecular complexity index is 430. The number of ether oxygens (including phenoxy) is 1. The van der Waals surface area contributed by atoms with Crippen molar-refractivity contribution in [2.24, 2.45) is 5.92 Å². The summed E-state index contributed by atoms with van der Waals surface area (Å²) in [5, 5.41) is 0. The maximum atomic E-state index is 5.76. The van der Waals surface area contributed by atoms with Crippen LogP contribution >= 0.6 is 22.6 Å². The summed E-state index contributed by atoms with van der Waals surface area (Å²) in [6.07, 6.45) is 4.20. The lowest BCUT2D eigenvalue weighted by Gasteiger charge is -2.10. The van der Waals surface area contributed by atoms with Crippen molar-refractivity contribution >= 4 is 34.7 Å². The fourth-order valence-electron chi connectivity index (χ4n) is 1.51. The number of benzene rings is 1. The number of halogens is 1. The van der Waals surface area contributed by atoms with Gasteiger partial charge in [0.2, 0.25) is 0 Å². The van der Waals surface area contributed by atoms with Crippen LogP contribution in [0.5, 0.6) is 0 Å². The van der Waals surface area contributed by atoms with Gasteiger partial charge in [-0.2, -0.15) is 0 Å². The molecule has 0 N–H and O–H groups in total. The van der Waals surface area contributed by atoms with E-state index in [1.165, 1.54) is 11.1 Å². The topological polar surface area (TPSA) is 9.23 Å². The maximum absolute atomic E-state index is 5.76. The third-order valence-corrected chi connectivity index (χ3v) is 2.88. The summed E-state index contributed by atoms with van der Waals surface area (Å²) in [4.78, 5) is 0. The van der Waals surface area contributed by atoms with E-state index in [9.17, 15) is 0 Å². The van der Waals surface area contributed by atoms with Gasteiger partial charge in [0.1, 0.15) is 5.76 Å². The highest BCUT2D eigenvalue weighted by Gasteiger charge is 2.11. The fourth-order valence-corrected chi connectivity index (χ4v) is 2.10. The summed E-state index contributed by atoms with van der Waals surface area (Å²) < 4.78 is 6.69. The van der Waals surface area contributed by atoms with Crippen LogP contribution in [-0.4, -0.2) is 0 Å². The first-order valence-electron chi connectivity index (χ1n) is 5.02. The van der Waals surface area contributed by atoms with Gasteiger partial charge >= 0.3 is 0 Å². The third kappa shape index (κ3) is 2.43. The SMILES string of the molecule is CC(C)C1=Cc2ccccc2C=C(I)O1. The molecule has 1 aliphatic rings. The lowest BCUT2D eigenvalue weighted by Crippen LogP contribution is -1.96. The van der Waals surface area contributed by atoms with E-state index in [-0.39, 0.29) is 0 Å². The second-order valence-electron chi connectivity index (χ2n) is 3.88. The molecule has 2 heteroatoms. The van der Waals surface area contributed by atoms with Crippen LogP contribution in [0.1, 0.15) is 25.0 Å². The zero-order valence-electron chi connectivity index (χ0n) is 8.83. The van der Waals surface area contributed by atoms with Gasteiger partial charge in [0.15, 0.2) is 3.77 Å². The van der Waals surface area contributed by atoms with Gasteiger partial charge in [-0.05, 0) is 45.9 Å². The molecular weight excluding hydrogens is 299 g/mol. The van der Waals surface area contributed by atoms with Gasteiger partial charge in [-0.15, -0.1) is 0 Å². The van der Waals surface area contributed by atoms with Crippen molar-refractivity contribution in [2.45, 2.75) is 13.8 Å². The highest BCUT2D eigenvalue weighted by molar-refractivity contribution is 14.1.